The van der Waals surface area contributed by atoms with Gasteiger partial charge >= 0.3 is 0 Å². The first-order chi connectivity index (χ1) is 4.75. The van der Waals surface area contributed by atoms with Gasteiger partial charge in [-0.05, 0) is 13.8 Å². The van der Waals surface area contributed by atoms with Crippen molar-refractivity contribution in [2.75, 3.05) is 0 Å². The zero-order valence-corrected chi connectivity index (χ0v) is 6.41. The third kappa shape index (κ3) is 1.19. The molecule has 1 rings (SSSR count). The highest BCUT2D eigenvalue weighted by molar-refractivity contribution is 4.96. The highest BCUT2D eigenvalue weighted by Crippen LogP contribution is 2.05. The van der Waals surface area contributed by atoms with Gasteiger partial charge in [-0.3, -0.25) is 0 Å². The Morgan fingerprint density at radius 2 is 2.50 bits per heavy atom. The average Bonchev–Trinajstić information content (AvgIpc) is 2.33. The van der Waals surface area contributed by atoms with E-state index in [1.54, 1.807) is 6.20 Å². The molecule has 1 atom stereocenters. The quantitative estimate of drug-likeness (QED) is 0.662. The first kappa shape index (κ1) is 7.28. The fraction of sp³-hybridized carbons (Fsp3) is 0.571. The number of nitrogens with zero attached hydrogens (tertiary/aromatic N) is 2. The van der Waals surface area contributed by atoms with Crippen LogP contribution in [0.4, 0.5) is 0 Å². The summed E-state index contributed by atoms with van der Waals surface area (Å²) in [6.07, 6.45) is 3.72. The van der Waals surface area contributed by atoms with Crippen LogP contribution < -0.4 is 5.73 Å². The predicted octanol–water partition coefficient (Wildman–Crippen LogP) is 0.923. The summed E-state index contributed by atoms with van der Waals surface area (Å²) >= 11 is 0. The monoisotopic (exact) mass is 139 g/mol. The van der Waals surface area contributed by atoms with Gasteiger partial charge in [0.2, 0.25) is 0 Å². The maximum absolute atomic E-state index is 5.65. The molecule has 0 saturated carbocycles. The minimum absolute atomic E-state index is 0.0370. The average molecular weight is 139 g/mol. The number of aromatic nitrogens is 2. The van der Waals surface area contributed by atoms with Crippen LogP contribution in [0.1, 0.15) is 25.7 Å². The summed E-state index contributed by atoms with van der Waals surface area (Å²) < 4.78 is 2.05. The Morgan fingerprint density at radius 3 is 2.90 bits per heavy atom. The molecule has 0 radical (unpaired) electrons. The molecule has 0 unspecified atom stereocenters. The molecule has 0 spiro atoms. The van der Waals surface area contributed by atoms with Gasteiger partial charge in [0.05, 0.1) is 6.04 Å². The first-order valence-electron chi connectivity index (χ1n) is 3.52. The molecule has 0 amide bonds. The van der Waals surface area contributed by atoms with Gasteiger partial charge in [0, 0.05) is 18.9 Å². The smallest absolute Gasteiger partial charge is 0.125 e. The molecular weight excluding hydrogens is 126 g/mol. The van der Waals surface area contributed by atoms with E-state index in [1.807, 2.05) is 17.7 Å². The van der Waals surface area contributed by atoms with E-state index in [-0.39, 0.29) is 6.04 Å². The Balaban J connectivity index is 2.90. The van der Waals surface area contributed by atoms with Crippen molar-refractivity contribution in [3.63, 3.8) is 0 Å². The molecule has 1 aromatic rings. The van der Waals surface area contributed by atoms with Crippen molar-refractivity contribution in [3.8, 4) is 0 Å². The molecule has 0 fully saturated rings. The van der Waals surface area contributed by atoms with Crippen LogP contribution in [0.2, 0.25) is 0 Å². The molecule has 3 nitrogen and oxygen atoms in total. The van der Waals surface area contributed by atoms with E-state index in [4.69, 9.17) is 5.73 Å². The third-order valence-corrected chi connectivity index (χ3v) is 1.50. The minimum atomic E-state index is 0.0370. The highest BCUT2D eigenvalue weighted by Gasteiger charge is 2.04. The summed E-state index contributed by atoms with van der Waals surface area (Å²) in [5.41, 5.74) is 5.65. The molecule has 0 aliphatic carbocycles. The lowest BCUT2D eigenvalue weighted by atomic mass is 10.3. The van der Waals surface area contributed by atoms with Crippen molar-refractivity contribution < 1.29 is 0 Å². The molecule has 3 heteroatoms. The molecule has 0 aromatic carbocycles. The fourth-order valence-electron chi connectivity index (χ4n) is 0.987. The second-order valence-electron chi connectivity index (χ2n) is 2.36. The SMILES string of the molecule is CCn1ccnc1[C@H](C)N. The Kier molecular flexibility index (Phi) is 2.06. The van der Waals surface area contributed by atoms with Crippen LogP contribution in [-0.4, -0.2) is 9.55 Å². The molecule has 56 valence electrons. The first-order valence-corrected chi connectivity index (χ1v) is 3.52. The zero-order chi connectivity index (χ0) is 7.56. The van der Waals surface area contributed by atoms with Crippen LogP contribution in [0, 0.1) is 0 Å². The molecule has 2 N–H and O–H groups in total. The summed E-state index contributed by atoms with van der Waals surface area (Å²) in [4.78, 5) is 4.12. The topological polar surface area (TPSA) is 43.8 Å². The van der Waals surface area contributed by atoms with Crippen molar-refractivity contribution >= 4 is 0 Å². The van der Waals surface area contributed by atoms with Crippen molar-refractivity contribution in [3.05, 3.63) is 18.2 Å². The van der Waals surface area contributed by atoms with E-state index in [0.29, 0.717) is 0 Å². The molecule has 0 aliphatic rings. The summed E-state index contributed by atoms with van der Waals surface area (Å²) in [6, 6.07) is 0.0370. The Hall–Kier alpha value is -0.830. The van der Waals surface area contributed by atoms with Gasteiger partial charge in [-0.25, -0.2) is 4.98 Å². The molecule has 10 heavy (non-hydrogen) atoms. The van der Waals surface area contributed by atoms with Gasteiger partial charge < -0.3 is 10.3 Å². The lowest BCUT2D eigenvalue weighted by molar-refractivity contribution is 0.637. The number of hydrogen-bond donors (Lipinski definition) is 1. The summed E-state index contributed by atoms with van der Waals surface area (Å²) in [5.74, 6) is 0.961. The number of nitrogens with two attached hydrogens (primary N) is 1. The largest absolute Gasteiger partial charge is 0.334 e. The second-order valence-corrected chi connectivity index (χ2v) is 2.36. The third-order valence-electron chi connectivity index (χ3n) is 1.50. The van der Waals surface area contributed by atoms with Gasteiger partial charge in [-0.1, -0.05) is 0 Å². The number of rotatable bonds is 2. The maximum Gasteiger partial charge on any atom is 0.125 e. The highest BCUT2D eigenvalue weighted by atomic mass is 15.1. The van der Waals surface area contributed by atoms with Gasteiger partial charge in [0.15, 0.2) is 0 Å². The Morgan fingerprint density at radius 1 is 1.80 bits per heavy atom. The zero-order valence-electron chi connectivity index (χ0n) is 6.41. The van der Waals surface area contributed by atoms with E-state index in [0.717, 1.165) is 12.4 Å². The summed E-state index contributed by atoms with van der Waals surface area (Å²) in [7, 11) is 0. The van der Waals surface area contributed by atoms with Crippen molar-refractivity contribution in [2.24, 2.45) is 5.73 Å². The standard InChI is InChI=1S/C7H13N3/c1-3-10-5-4-9-7(10)6(2)8/h4-6H,3,8H2,1-2H3/t6-/m0/s1. The van der Waals surface area contributed by atoms with Crippen LogP contribution in [0.3, 0.4) is 0 Å². The lowest BCUT2D eigenvalue weighted by Crippen LogP contribution is -2.12. The van der Waals surface area contributed by atoms with Crippen LogP contribution in [0.15, 0.2) is 12.4 Å². The van der Waals surface area contributed by atoms with Gasteiger partial charge in [-0.2, -0.15) is 0 Å². The predicted molar refractivity (Wildman–Crippen MR) is 40.5 cm³/mol. The van der Waals surface area contributed by atoms with Gasteiger partial charge in [0.1, 0.15) is 5.82 Å². The Labute approximate surface area is 60.9 Å². The molecular formula is C7H13N3. The van der Waals surface area contributed by atoms with E-state index in [2.05, 4.69) is 11.9 Å². The van der Waals surface area contributed by atoms with E-state index >= 15 is 0 Å². The molecule has 0 aliphatic heterocycles. The molecule has 0 bridgehead atoms. The number of imidazole rings is 1. The van der Waals surface area contributed by atoms with Crippen LogP contribution in [0.25, 0.3) is 0 Å². The van der Waals surface area contributed by atoms with E-state index < -0.39 is 0 Å². The lowest BCUT2D eigenvalue weighted by Gasteiger charge is -2.06. The number of aryl methyl sites for hydroxylation is 1. The van der Waals surface area contributed by atoms with Crippen LogP contribution in [-0.2, 0) is 6.54 Å². The van der Waals surface area contributed by atoms with Crippen molar-refractivity contribution in [1.29, 1.82) is 0 Å². The van der Waals surface area contributed by atoms with Crippen molar-refractivity contribution in [1.82, 2.24) is 9.55 Å². The minimum Gasteiger partial charge on any atom is -0.334 e. The van der Waals surface area contributed by atoms with E-state index in [1.165, 1.54) is 0 Å². The van der Waals surface area contributed by atoms with Crippen molar-refractivity contribution in [2.45, 2.75) is 26.4 Å². The van der Waals surface area contributed by atoms with Gasteiger partial charge in [-0.15, -0.1) is 0 Å². The molecule has 0 saturated heterocycles. The van der Waals surface area contributed by atoms with Crippen LogP contribution >= 0.6 is 0 Å². The maximum atomic E-state index is 5.65. The summed E-state index contributed by atoms with van der Waals surface area (Å²) in [5, 5.41) is 0. The summed E-state index contributed by atoms with van der Waals surface area (Å²) in [6.45, 7) is 4.96. The fourth-order valence-corrected chi connectivity index (χ4v) is 0.987. The molecule has 1 aromatic heterocycles. The normalized spacial score (nSPS) is 13.5. The van der Waals surface area contributed by atoms with Crippen LogP contribution in [0.5, 0.6) is 0 Å². The number of hydrogen-bond acceptors (Lipinski definition) is 2. The second kappa shape index (κ2) is 2.84. The van der Waals surface area contributed by atoms with E-state index in [9.17, 15) is 0 Å². The Bertz CT molecular complexity index is 202. The molecule has 1 heterocycles. The van der Waals surface area contributed by atoms with Gasteiger partial charge in [0.25, 0.3) is 0 Å².